The third-order valence-corrected chi connectivity index (χ3v) is 11.2. The molecule has 49 heavy (non-hydrogen) atoms. The fourth-order valence-corrected chi connectivity index (χ4v) is 8.29. The Morgan fingerprint density at radius 1 is 0.510 bits per heavy atom. The van der Waals surface area contributed by atoms with Gasteiger partial charge in [0.2, 0.25) is 0 Å². The van der Waals surface area contributed by atoms with Crippen molar-refractivity contribution < 1.29 is 9.59 Å². The molecule has 2 aromatic carbocycles. The fourth-order valence-electron chi connectivity index (χ4n) is 7.59. The van der Waals surface area contributed by atoms with E-state index in [1.54, 1.807) is 0 Å². The van der Waals surface area contributed by atoms with Crippen molar-refractivity contribution in [2.75, 3.05) is 22.9 Å². The molecular formula is C43H64Br2N2O2. The maximum absolute atomic E-state index is 14.7. The van der Waals surface area contributed by atoms with Crippen LogP contribution in [0, 0.1) is 11.8 Å². The van der Waals surface area contributed by atoms with Gasteiger partial charge in [0.1, 0.15) is 0 Å². The summed E-state index contributed by atoms with van der Waals surface area (Å²) >= 11 is 7.37. The van der Waals surface area contributed by atoms with Crippen molar-refractivity contribution >= 4 is 66.2 Å². The summed E-state index contributed by atoms with van der Waals surface area (Å²) in [6, 6.07) is 12.2. The van der Waals surface area contributed by atoms with Gasteiger partial charge in [0, 0.05) is 33.2 Å². The summed E-state index contributed by atoms with van der Waals surface area (Å²) in [6.07, 6.45) is 20.6. The summed E-state index contributed by atoms with van der Waals surface area (Å²) in [6.45, 7) is 14.4. The largest absolute Gasteiger partial charge is 0.307 e. The molecule has 0 bridgehead atoms. The third kappa shape index (κ3) is 11.3. The van der Waals surface area contributed by atoms with E-state index in [-0.39, 0.29) is 11.8 Å². The molecule has 0 saturated heterocycles. The second kappa shape index (κ2) is 22.1. The predicted molar refractivity (Wildman–Crippen MR) is 219 cm³/mol. The molecule has 0 radical (unpaired) electrons. The zero-order valence-corrected chi connectivity index (χ0v) is 34.7. The molecule has 0 spiro atoms. The SMILES string of the molecule is CC.CCCCCCCCC(CCCCCC)CN1C(=O)/C(=C2/C(=O)N(CC(CCC)CCCC)c3cc(Br)ccc32)c2ccc(Br)cc21. The van der Waals surface area contributed by atoms with E-state index in [4.69, 9.17) is 0 Å². The molecule has 2 aromatic rings. The van der Waals surface area contributed by atoms with E-state index in [0.717, 1.165) is 70.0 Å². The van der Waals surface area contributed by atoms with Gasteiger partial charge in [0.25, 0.3) is 11.8 Å². The van der Waals surface area contributed by atoms with Crippen molar-refractivity contribution in [1.29, 1.82) is 0 Å². The Bertz CT molecular complexity index is 1370. The van der Waals surface area contributed by atoms with Gasteiger partial charge in [-0.1, -0.05) is 169 Å². The van der Waals surface area contributed by atoms with Gasteiger partial charge in [-0.15, -0.1) is 0 Å². The number of amides is 2. The van der Waals surface area contributed by atoms with Crippen molar-refractivity contribution in [2.45, 2.75) is 151 Å². The summed E-state index contributed by atoms with van der Waals surface area (Å²) in [4.78, 5) is 33.2. The van der Waals surface area contributed by atoms with Crippen molar-refractivity contribution in [1.82, 2.24) is 0 Å². The first-order chi connectivity index (χ1) is 23.8. The molecule has 2 aliphatic rings. The fraction of sp³-hybridized carbons (Fsp3) is 0.628. The van der Waals surface area contributed by atoms with Crippen LogP contribution in [0.2, 0.25) is 0 Å². The summed E-state index contributed by atoms with van der Waals surface area (Å²) in [5, 5.41) is 0. The lowest BCUT2D eigenvalue weighted by molar-refractivity contribution is -0.114. The Morgan fingerprint density at radius 2 is 0.898 bits per heavy atom. The van der Waals surface area contributed by atoms with Crippen LogP contribution in [-0.4, -0.2) is 24.9 Å². The first-order valence-electron chi connectivity index (χ1n) is 19.8. The highest BCUT2D eigenvalue weighted by Gasteiger charge is 2.43. The number of benzene rings is 2. The molecule has 0 N–H and O–H groups in total. The van der Waals surface area contributed by atoms with Crippen LogP contribution in [0.15, 0.2) is 45.3 Å². The van der Waals surface area contributed by atoms with Crippen LogP contribution in [0.4, 0.5) is 11.4 Å². The maximum atomic E-state index is 14.7. The molecule has 0 aromatic heterocycles. The van der Waals surface area contributed by atoms with Gasteiger partial charge < -0.3 is 9.80 Å². The second-order valence-corrected chi connectivity index (χ2v) is 15.8. The number of hydrogen-bond donors (Lipinski definition) is 0. The molecule has 2 unspecified atom stereocenters. The molecule has 2 heterocycles. The summed E-state index contributed by atoms with van der Waals surface area (Å²) in [5.74, 6) is 0.841. The number of carbonyl (C=O) groups excluding carboxylic acids is 2. The van der Waals surface area contributed by atoms with Crippen LogP contribution in [0.5, 0.6) is 0 Å². The highest BCUT2D eigenvalue weighted by molar-refractivity contribution is 9.10. The number of nitrogens with zero attached hydrogens (tertiary/aromatic N) is 2. The maximum Gasteiger partial charge on any atom is 0.259 e. The average Bonchev–Trinajstić information content (AvgIpc) is 3.51. The van der Waals surface area contributed by atoms with Crippen LogP contribution in [0.25, 0.3) is 11.1 Å². The molecule has 4 nitrogen and oxygen atoms in total. The van der Waals surface area contributed by atoms with Gasteiger partial charge in [-0.25, -0.2) is 0 Å². The van der Waals surface area contributed by atoms with Gasteiger partial charge in [0.15, 0.2) is 0 Å². The van der Waals surface area contributed by atoms with Crippen LogP contribution in [0.3, 0.4) is 0 Å². The van der Waals surface area contributed by atoms with E-state index in [0.29, 0.717) is 36.1 Å². The first-order valence-corrected chi connectivity index (χ1v) is 21.4. The minimum Gasteiger partial charge on any atom is -0.307 e. The molecule has 272 valence electrons. The molecule has 2 atom stereocenters. The highest BCUT2D eigenvalue weighted by atomic mass is 79.9. The smallest absolute Gasteiger partial charge is 0.259 e. The Kier molecular flexibility index (Phi) is 18.7. The molecule has 6 heteroatoms. The number of halogens is 2. The number of hydrogen-bond acceptors (Lipinski definition) is 2. The lowest BCUT2D eigenvalue weighted by Gasteiger charge is -2.25. The Morgan fingerprint density at radius 3 is 1.35 bits per heavy atom. The summed E-state index contributed by atoms with van der Waals surface area (Å²) < 4.78 is 1.91. The van der Waals surface area contributed by atoms with Crippen molar-refractivity contribution in [3.05, 3.63) is 56.5 Å². The monoisotopic (exact) mass is 798 g/mol. The van der Waals surface area contributed by atoms with E-state index in [9.17, 15) is 9.59 Å². The first kappa shape index (κ1) is 41.5. The number of fused-ring (bicyclic) bond motifs is 2. The number of unbranched alkanes of at least 4 members (excludes halogenated alkanes) is 9. The van der Waals surface area contributed by atoms with E-state index in [1.165, 1.54) is 70.6 Å². The van der Waals surface area contributed by atoms with Gasteiger partial charge in [-0.3, -0.25) is 9.59 Å². The number of carbonyl (C=O) groups is 2. The molecule has 2 aliphatic heterocycles. The second-order valence-electron chi connectivity index (χ2n) is 14.0. The molecule has 4 rings (SSSR count). The normalized spacial score (nSPS) is 16.5. The van der Waals surface area contributed by atoms with E-state index >= 15 is 0 Å². The summed E-state index contributed by atoms with van der Waals surface area (Å²) in [7, 11) is 0. The van der Waals surface area contributed by atoms with Crippen molar-refractivity contribution in [3.8, 4) is 0 Å². The number of rotatable bonds is 21. The lowest BCUT2D eigenvalue weighted by Crippen LogP contribution is -2.34. The Balaban J connectivity index is 0.00000319. The number of anilines is 2. The predicted octanol–water partition coefficient (Wildman–Crippen LogP) is 13.8. The van der Waals surface area contributed by atoms with Gasteiger partial charge in [-0.05, 0) is 61.8 Å². The van der Waals surface area contributed by atoms with E-state index in [2.05, 4.69) is 71.7 Å². The van der Waals surface area contributed by atoms with Crippen LogP contribution < -0.4 is 9.80 Å². The molecule has 2 amide bonds. The lowest BCUT2D eigenvalue weighted by atomic mass is 9.93. The van der Waals surface area contributed by atoms with Crippen molar-refractivity contribution in [3.63, 3.8) is 0 Å². The summed E-state index contributed by atoms with van der Waals surface area (Å²) in [5.41, 5.74) is 4.78. The van der Waals surface area contributed by atoms with Crippen LogP contribution in [0.1, 0.15) is 162 Å². The minimum atomic E-state index is -0.0297. The van der Waals surface area contributed by atoms with Gasteiger partial charge in [-0.2, -0.15) is 0 Å². The average molecular weight is 801 g/mol. The Labute approximate surface area is 316 Å². The standard InChI is InChI=1S/C41H58Br2N2O2.C2H6/c1-5-9-12-14-15-17-21-31(20-16-13-10-6-2)29-45-37-27-33(43)23-25-35(37)39(41(45)47)38-34-24-22-32(42)26-36(34)44(40(38)46)28-30(18-8-4)19-11-7-3;1-2/h22-27,30-31H,5-21,28-29H2,1-4H3;1-2H3/b39-38+;. The van der Waals surface area contributed by atoms with Gasteiger partial charge in [0.05, 0.1) is 22.5 Å². The molecule has 0 aliphatic carbocycles. The zero-order chi connectivity index (χ0) is 35.8. The minimum absolute atomic E-state index is 0.0187. The highest BCUT2D eigenvalue weighted by Crippen LogP contribution is 2.48. The topological polar surface area (TPSA) is 40.6 Å². The quantitative estimate of drug-likeness (QED) is 0.0932. The zero-order valence-electron chi connectivity index (χ0n) is 31.5. The van der Waals surface area contributed by atoms with Crippen molar-refractivity contribution in [2.24, 2.45) is 11.8 Å². The van der Waals surface area contributed by atoms with E-state index in [1.807, 2.05) is 47.9 Å². The third-order valence-electron chi connectivity index (χ3n) is 10.2. The van der Waals surface area contributed by atoms with Crippen LogP contribution >= 0.6 is 31.9 Å². The molecule has 0 saturated carbocycles. The van der Waals surface area contributed by atoms with Gasteiger partial charge >= 0.3 is 0 Å². The van der Waals surface area contributed by atoms with Crippen LogP contribution in [-0.2, 0) is 9.59 Å². The van der Waals surface area contributed by atoms with E-state index < -0.39 is 0 Å². The Hall–Kier alpha value is -1.92. The molecule has 0 fully saturated rings. The molecular weight excluding hydrogens is 736 g/mol.